The molecule has 2 aromatic rings. The molecule has 1 aliphatic heterocycles. The average molecular weight is 325 g/mol. The van der Waals surface area contributed by atoms with Gasteiger partial charge in [0.2, 0.25) is 0 Å². The van der Waals surface area contributed by atoms with Crippen LogP contribution < -0.4 is 0 Å². The molecule has 4 rings (SSSR count). The number of benzene rings is 1. The van der Waals surface area contributed by atoms with Gasteiger partial charge in [-0.1, -0.05) is 30.3 Å². The summed E-state index contributed by atoms with van der Waals surface area (Å²) in [7, 11) is 0. The smallest absolute Gasteiger partial charge is 0.0948 e. The number of rotatable bonds is 7. The van der Waals surface area contributed by atoms with Crippen molar-refractivity contribution < 1.29 is 4.74 Å². The summed E-state index contributed by atoms with van der Waals surface area (Å²) in [5.41, 5.74) is 2.74. The summed E-state index contributed by atoms with van der Waals surface area (Å²) in [5.74, 6) is 1.39. The molecule has 4 heteroatoms. The fraction of sp³-hybridized carbons (Fsp3) is 0.550. The first-order valence-electron chi connectivity index (χ1n) is 9.20. The molecule has 0 bridgehead atoms. The molecule has 1 aliphatic carbocycles. The summed E-state index contributed by atoms with van der Waals surface area (Å²) >= 11 is 0. The monoisotopic (exact) mass is 325 g/mol. The van der Waals surface area contributed by atoms with Crippen LogP contribution in [0.15, 0.2) is 42.9 Å². The Morgan fingerprint density at radius 1 is 1.04 bits per heavy atom. The van der Waals surface area contributed by atoms with E-state index in [0.29, 0.717) is 5.92 Å². The lowest BCUT2D eigenvalue weighted by Crippen LogP contribution is -2.32. The molecule has 1 atom stereocenters. The van der Waals surface area contributed by atoms with Crippen LogP contribution in [-0.2, 0) is 24.2 Å². The maximum absolute atomic E-state index is 5.99. The molecule has 24 heavy (non-hydrogen) atoms. The zero-order chi connectivity index (χ0) is 16.2. The summed E-state index contributed by atoms with van der Waals surface area (Å²) in [6.07, 6.45) is 7.82. The van der Waals surface area contributed by atoms with Gasteiger partial charge in [0.25, 0.3) is 0 Å². The molecule has 0 N–H and O–H groups in total. The van der Waals surface area contributed by atoms with Crippen molar-refractivity contribution in [1.82, 2.24) is 14.5 Å². The SMILES string of the molecule is c1ccc(CCN2Cc3cncn3C[C@@H](COCC3CC3)C2)cc1. The van der Waals surface area contributed by atoms with Crippen LogP contribution in [0.3, 0.4) is 0 Å². The first kappa shape index (κ1) is 15.9. The fourth-order valence-corrected chi connectivity index (χ4v) is 3.53. The average Bonchev–Trinajstić information content (AvgIpc) is 3.36. The molecule has 1 saturated carbocycles. The minimum atomic E-state index is 0.551. The van der Waals surface area contributed by atoms with Gasteiger partial charge in [0, 0.05) is 44.9 Å². The zero-order valence-electron chi connectivity index (χ0n) is 14.3. The summed E-state index contributed by atoms with van der Waals surface area (Å²) < 4.78 is 8.31. The Labute approximate surface area is 144 Å². The Morgan fingerprint density at radius 3 is 2.71 bits per heavy atom. The molecule has 0 spiro atoms. The highest BCUT2D eigenvalue weighted by atomic mass is 16.5. The van der Waals surface area contributed by atoms with Gasteiger partial charge in [0.1, 0.15) is 0 Å². The van der Waals surface area contributed by atoms with E-state index >= 15 is 0 Å². The van der Waals surface area contributed by atoms with Gasteiger partial charge in [-0.3, -0.25) is 4.90 Å². The lowest BCUT2D eigenvalue weighted by atomic mass is 10.1. The minimum Gasteiger partial charge on any atom is -0.381 e. The third kappa shape index (κ3) is 4.25. The van der Waals surface area contributed by atoms with E-state index in [2.05, 4.69) is 44.8 Å². The Balaban J connectivity index is 1.36. The van der Waals surface area contributed by atoms with Crippen LogP contribution in [0.2, 0.25) is 0 Å². The molecule has 1 aromatic heterocycles. The third-order valence-corrected chi connectivity index (χ3v) is 5.12. The van der Waals surface area contributed by atoms with Crippen LogP contribution in [-0.4, -0.2) is 40.8 Å². The van der Waals surface area contributed by atoms with E-state index in [1.54, 1.807) is 0 Å². The first-order valence-corrected chi connectivity index (χ1v) is 9.20. The van der Waals surface area contributed by atoms with Crippen molar-refractivity contribution in [2.45, 2.75) is 32.4 Å². The molecule has 0 saturated heterocycles. The Hall–Kier alpha value is -1.65. The van der Waals surface area contributed by atoms with Gasteiger partial charge in [-0.25, -0.2) is 4.98 Å². The van der Waals surface area contributed by atoms with E-state index < -0.39 is 0 Å². The molecular formula is C20H27N3O. The van der Waals surface area contributed by atoms with Crippen molar-refractivity contribution in [2.75, 3.05) is 26.3 Å². The molecule has 1 aromatic carbocycles. The Kier molecular flexibility index (Phi) is 4.95. The predicted octanol–water partition coefficient (Wildman–Crippen LogP) is 2.98. The molecule has 128 valence electrons. The summed E-state index contributed by atoms with van der Waals surface area (Å²) in [6, 6.07) is 10.8. The lowest BCUT2D eigenvalue weighted by molar-refractivity contribution is 0.0719. The highest BCUT2D eigenvalue weighted by Crippen LogP contribution is 2.29. The summed E-state index contributed by atoms with van der Waals surface area (Å²) in [4.78, 5) is 6.91. The van der Waals surface area contributed by atoms with Crippen LogP contribution in [0.1, 0.15) is 24.1 Å². The quantitative estimate of drug-likeness (QED) is 0.784. The molecule has 2 aliphatic rings. The number of ether oxygens (including phenoxy) is 1. The van der Waals surface area contributed by atoms with Crippen molar-refractivity contribution >= 4 is 0 Å². The Morgan fingerprint density at radius 2 is 1.88 bits per heavy atom. The maximum Gasteiger partial charge on any atom is 0.0948 e. The molecule has 2 heterocycles. The van der Waals surface area contributed by atoms with Crippen LogP contribution in [0.4, 0.5) is 0 Å². The van der Waals surface area contributed by atoms with Gasteiger partial charge in [-0.15, -0.1) is 0 Å². The molecule has 4 nitrogen and oxygen atoms in total. The van der Waals surface area contributed by atoms with E-state index in [1.807, 2.05) is 12.5 Å². The van der Waals surface area contributed by atoms with Crippen molar-refractivity contribution in [3.63, 3.8) is 0 Å². The van der Waals surface area contributed by atoms with Gasteiger partial charge in [-0.2, -0.15) is 0 Å². The molecule has 0 unspecified atom stereocenters. The number of imidazole rings is 1. The molecular weight excluding hydrogens is 298 g/mol. The number of hydrogen-bond acceptors (Lipinski definition) is 3. The van der Waals surface area contributed by atoms with Crippen LogP contribution in [0.25, 0.3) is 0 Å². The zero-order valence-corrected chi connectivity index (χ0v) is 14.3. The van der Waals surface area contributed by atoms with Crippen molar-refractivity contribution in [3.05, 3.63) is 54.1 Å². The normalized spacial score (nSPS) is 21.4. The van der Waals surface area contributed by atoms with Crippen LogP contribution >= 0.6 is 0 Å². The molecule has 0 amide bonds. The summed E-state index contributed by atoms with van der Waals surface area (Å²) in [6.45, 7) is 6.05. The highest BCUT2D eigenvalue weighted by molar-refractivity contribution is 5.15. The molecule has 1 fully saturated rings. The third-order valence-electron chi connectivity index (χ3n) is 5.12. The van der Waals surface area contributed by atoms with Crippen LogP contribution in [0, 0.1) is 11.8 Å². The maximum atomic E-state index is 5.99. The van der Waals surface area contributed by atoms with E-state index in [9.17, 15) is 0 Å². The number of nitrogens with zero attached hydrogens (tertiary/aromatic N) is 3. The van der Waals surface area contributed by atoms with Gasteiger partial charge in [0.15, 0.2) is 0 Å². The van der Waals surface area contributed by atoms with E-state index in [4.69, 9.17) is 4.74 Å². The van der Waals surface area contributed by atoms with Crippen LogP contribution in [0.5, 0.6) is 0 Å². The fourth-order valence-electron chi connectivity index (χ4n) is 3.53. The van der Waals surface area contributed by atoms with Gasteiger partial charge >= 0.3 is 0 Å². The number of fused-ring (bicyclic) bond motifs is 1. The minimum absolute atomic E-state index is 0.551. The standard InChI is InChI=1S/C20H27N3O/c1-2-4-17(5-3-1)8-9-22-11-19(15-24-14-18-6-7-18)12-23-16-21-10-20(23)13-22/h1-5,10,16,18-19H,6-9,11-15H2/t19-/m0/s1. The number of hydrogen-bond donors (Lipinski definition) is 0. The van der Waals surface area contributed by atoms with Gasteiger partial charge in [0.05, 0.1) is 18.6 Å². The van der Waals surface area contributed by atoms with Crippen molar-refractivity contribution in [1.29, 1.82) is 0 Å². The largest absolute Gasteiger partial charge is 0.381 e. The lowest BCUT2D eigenvalue weighted by Gasteiger charge is -2.24. The second-order valence-corrected chi connectivity index (χ2v) is 7.35. The van der Waals surface area contributed by atoms with Gasteiger partial charge < -0.3 is 9.30 Å². The summed E-state index contributed by atoms with van der Waals surface area (Å²) in [5, 5.41) is 0. The second kappa shape index (κ2) is 7.49. The predicted molar refractivity (Wildman–Crippen MR) is 94.7 cm³/mol. The van der Waals surface area contributed by atoms with Crippen molar-refractivity contribution in [3.8, 4) is 0 Å². The first-order chi connectivity index (χ1) is 11.9. The topological polar surface area (TPSA) is 30.3 Å². The second-order valence-electron chi connectivity index (χ2n) is 7.35. The van der Waals surface area contributed by atoms with Crippen molar-refractivity contribution in [2.24, 2.45) is 11.8 Å². The van der Waals surface area contributed by atoms with Gasteiger partial charge in [-0.05, 0) is 30.7 Å². The highest BCUT2D eigenvalue weighted by Gasteiger charge is 2.24. The Bertz CT molecular complexity index is 635. The van der Waals surface area contributed by atoms with E-state index in [-0.39, 0.29) is 0 Å². The number of aromatic nitrogens is 2. The van der Waals surface area contributed by atoms with E-state index in [0.717, 1.165) is 51.7 Å². The molecule has 0 radical (unpaired) electrons. The van der Waals surface area contributed by atoms with E-state index in [1.165, 1.54) is 24.1 Å².